The number of aromatic amines is 1. The van der Waals surface area contributed by atoms with E-state index in [0.717, 1.165) is 32.5 Å². The third-order valence-electron chi connectivity index (χ3n) is 3.10. The van der Waals surface area contributed by atoms with Crippen LogP contribution in [0.1, 0.15) is 33.6 Å². The smallest absolute Gasteiger partial charge is 0.290 e. The standard InChI is InChI=1S/C13H24N4O/c1-4-17(5-2)10-6-7-11(3)16-12-13(18)15-9-8-14-12/h8-9,11H,4-7,10H2,1-3H3,(H,14,16)(H,15,18). The van der Waals surface area contributed by atoms with Crippen LogP contribution in [0.4, 0.5) is 5.82 Å². The molecular weight excluding hydrogens is 228 g/mol. The predicted octanol–water partition coefficient (Wildman–Crippen LogP) is 1.69. The van der Waals surface area contributed by atoms with Crippen LogP contribution in [0.5, 0.6) is 0 Å². The molecule has 0 aromatic carbocycles. The van der Waals surface area contributed by atoms with Crippen molar-refractivity contribution >= 4 is 5.82 Å². The van der Waals surface area contributed by atoms with Gasteiger partial charge in [-0.15, -0.1) is 0 Å². The van der Waals surface area contributed by atoms with Gasteiger partial charge in [0.15, 0.2) is 5.82 Å². The van der Waals surface area contributed by atoms with Crippen LogP contribution in [0, 0.1) is 0 Å². The molecule has 0 radical (unpaired) electrons. The fraction of sp³-hybridized carbons (Fsp3) is 0.692. The average molecular weight is 252 g/mol. The van der Waals surface area contributed by atoms with Crippen LogP contribution in [0.25, 0.3) is 0 Å². The molecule has 0 fully saturated rings. The van der Waals surface area contributed by atoms with Gasteiger partial charge in [-0.3, -0.25) is 4.79 Å². The number of nitrogens with zero attached hydrogens (tertiary/aromatic N) is 2. The minimum Gasteiger partial charge on any atom is -0.363 e. The van der Waals surface area contributed by atoms with E-state index in [1.807, 2.05) is 0 Å². The van der Waals surface area contributed by atoms with Crippen LogP contribution >= 0.6 is 0 Å². The first kappa shape index (κ1) is 14.7. The highest BCUT2D eigenvalue weighted by Gasteiger charge is 2.06. The van der Waals surface area contributed by atoms with Crippen molar-refractivity contribution in [2.45, 2.75) is 39.7 Å². The van der Waals surface area contributed by atoms with E-state index >= 15 is 0 Å². The predicted molar refractivity (Wildman–Crippen MR) is 75.0 cm³/mol. The molecule has 102 valence electrons. The van der Waals surface area contributed by atoms with Gasteiger partial charge in [0.1, 0.15) is 0 Å². The highest BCUT2D eigenvalue weighted by molar-refractivity contribution is 5.31. The van der Waals surface area contributed by atoms with Crippen molar-refractivity contribution in [3.8, 4) is 0 Å². The van der Waals surface area contributed by atoms with Crippen LogP contribution in [0.15, 0.2) is 17.2 Å². The summed E-state index contributed by atoms with van der Waals surface area (Å²) in [6.45, 7) is 9.74. The topological polar surface area (TPSA) is 61.0 Å². The Hall–Kier alpha value is -1.36. The zero-order valence-corrected chi connectivity index (χ0v) is 11.6. The number of aromatic nitrogens is 2. The van der Waals surface area contributed by atoms with Crippen LogP contribution in [-0.4, -0.2) is 40.5 Å². The molecule has 1 rings (SSSR count). The minimum absolute atomic E-state index is 0.159. The second-order valence-electron chi connectivity index (χ2n) is 4.48. The Morgan fingerprint density at radius 2 is 2.17 bits per heavy atom. The molecule has 18 heavy (non-hydrogen) atoms. The number of H-pyrrole nitrogens is 1. The molecule has 1 unspecified atom stereocenters. The molecule has 5 heteroatoms. The molecule has 1 atom stereocenters. The summed E-state index contributed by atoms with van der Waals surface area (Å²) < 4.78 is 0. The first-order chi connectivity index (χ1) is 8.67. The van der Waals surface area contributed by atoms with Gasteiger partial charge in [-0.05, 0) is 39.4 Å². The first-order valence-corrected chi connectivity index (χ1v) is 6.70. The molecule has 0 spiro atoms. The normalized spacial score (nSPS) is 12.7. The van der Waals surface area contributed by atoms with Gasteiger partial charge in [0.2, 0.25) is 0 Å². The Balaban J connectivity index is 2.32. The lowest BCUT2D eigenvalue weighted by molar-refractivity contribution is 0.295. The van der Waals surface area contributed by atoms with Crippen LogP contribution in [0.2, 0.25) is 0 Å². The molecule has 0 aliphatic heterocycles. The minimum atomic E-state index is -0.159. The van der Waals surface area contributed by atoms with E-state index in [1.165, 1.54) is 0 Å². The Kier molecular flexibility index (Phi) is 6.43. The maximum absolute atomic E-state index is 11.4. The summed E-state index contributed by atoms with van der Waals surface area (Å²) >= 11 is 0. The summed E-state index contributed by atoms with van der Waals surface area (Å²) in [6, 6.07) is 0.261. The van der Waals surface area contributed by atoms with E-state index < -0.39 is 0 Å². The number of anilines is 1. The van der Waals surface area contributed by atoms with E-state index in [-0.39, 0.29) is 11.6 Å². The summed E-state index contributed by atoms with van der Waals surface area (Å²) in [6.07, 6.45) is 5.29. The van der Waals surface area contributed by atoms with Gasteiger partial charge < -0.3 is 15.2 Å². The summed E-state index contributed by atoms with van der Waals surface area (Å²) in [4.78, 5) is 20.5. The molecule has 0 saturated heterocycles. The number of hydrogen-bond acceptors (Lipinski definition) is 4. The van der Waals surface area contributed by atoms with Crippen molar-refractivity contribution in [1.82, 2.24) is 14.9 Å². The lowest BCUT2D eigenvalue weighted by Crippen LogP contribution is -2.27. The highest BCUT2D eigenvalue weighted by Crippen LogP contribution is 2.03. The van der Waals surface area contributed by atoms with Crippen LogP contribution in [-0.2, 0) is 0 Å². The van der Waals surface area contributed by atoms with Gasteiger partial charge in [-0.2, -0.15) is 0 Å². The summed E-state index contributed by atoms with van der Waals surface area (Å²) in [5.41, 5.74) is -0.159. The van der Waals surface area contributed by atoms with Gasteiger partial charge in [-0.1, -0.05) is 13.8 Å². The van der Waals surface area contributed by atoms with Gasteiger partial charge in [-0.25, -0.2) is 4.98 Å². The average Bonchev–Trinajstić information content (AvgIpc) is 2.37. The van der Waals surface area contributed by atoms with E-state index in [1.54, 1.807) is 12.4 Å². The third kappa shape index (κ3) is 4.87. The van der Waals surface area contributed by atoms with Crippen LogP contribution in [0.3, 0.4) is 0 Å². The zero-order chi connectivity index (χ0) is 13.4. The van der Waals surface area contributed by atoms with Crippen molar-refractivity contribution in [2.24, 2.45) is 0 Å². The van der Waals surface area contributed by atoms with Crippen LogP contribution < -0.4 is 10.9 Å². The van der Waals surface area contributed by atoms with E-state index in [4.69, 9.17) is 0 Å². The maximum Gasteiger partial charge on any atom is 0.290 e. The van der Waals surface area contributed by atoms with Gasteiger partial charge in [0.05, 0.1) is 0 Å². The summed E-state index contributed by atoms with van der Waals surface area (Å²) in [7, 11) is 0. The summed E-state index contributed by atoms with van der Waals surface area (Å²) in [5.74, 6) is 0.410. The Bertz CT molecular complexity index is 387. The Morgan fingerprint density at radius 3 is 2.78 bits per heavy atom. The van der Waals surface area contributed by atoms with E-state index in [2.05, 4.69) is 41.0 Å². The fourth-order valence-corrected chi connectivity index (χ4v) is 1.92. The molecule has 1 aromatic rings. The molecule has 1 aromatic heterocycles. The van der Waals surface area contributed by atoms with Crippen molar-refractivity contribution < 1.29 is 0 Å². The SMILES string of the molecule is CCN(CC)CCCC(C)Nc1ncc[nH]c1=O. The molecule has 5 nitrogen and oxygen atoms in total. The summed E-state index contributed by atoms with van der Waals surface area (Å²) in [5, 5.41) is 3.15. The van der Waals surface area contributed by atoms with Crippen molar-refractivity contribution in [2.75, 3.05) is 25.0 Å². The molecule has 0 aliphatic rings. The number of hydrogen-bond donors (Lipinski definition) is 2. The molecule has 2 N–H and O–H groups in total. The largest absolute Gasteiger partial charge is 0.363 e. The Morgan fingerprint density at radius 1 is 1.44 bits per heavy atom. The fourth-order valence-electron chi connectivity index (χ4n) is 1.92. The lowest BCUT2D eigenvalue weighted by atomic mass is 10.2. The van der Waals surface area contributed by atoms with Gasteiger partial charge in [0, 0.05) is 18.4 Å². The first-order valence-electron chi connectivity index (χ1n) is 6.70. The Labute approximate surface area is 109 Å². The van der Waals surface area contributed by atoms with Gasteiger partial charge in [0.25, 0.3) is 5.56 Å². The number of rotatable bonds is 8. The van der Waals surface area contributed by atoms with E-state index in [0.29, 0.717) is 5.82 Å². The third-order valence-corrected chi connectivity index (χ3v) is 3.10. The molecule has 0 aliphatic carbocycles. The maximum atomic E-state index is 11.4. The number of nitrogens with one attached hydrogen (secondary N) is 2. The van der Waals surface area contributed by atoms with Crippen molar-refractivity contribution in [3.05, 3.63) is 22.7 Å². The van der Waals surface area contributed by atoms with E-state index in [9.17, 15) is 4.79 Å². The quantitative estimate of drug-likeness (QED) is 0.739. The second kappa shape index (κ2) is 7.87. The zero-order valence-electron chi connectivity index (χ0n) is 11.6. The molecule has 0 saturated carbocycles. The molecule has 0 bridgehead atoms. The molecule has 0 amide bonds. The highest BCUT2D eigenvalue weighted by atomic mass is 16.1. The van der Waals surface area contributed by atoms with Gasteiger partial charge >= 0.3 is 0 Å². The van der Waals surface area contributed by atoms with Crippen molar-refractivity contribution in [1.29, 1.82) is 0 Å². The van der Waals surface area contributed by atoms with Crippen molar-refractivity contribution in [3.63, 3.8) is 0 Å². The second-order valence-corrected chi connectivity index (χ2v) is 4.48. The lowest BCUT2D eigenvalue weighted by Gasteiger charge is -2.19. The monoisotopic (exact) mass is 252 g/mol. The molecular formula is C13H24N4O. The molecule has 1 heterocycles.